The van der Waals surface area contributed by atoms with Crippen molar-refractivity contribution in [1.29, 1.82) is 0 Å². The van der Waals surface area contributed by atoms with Gasteiger partial charge in [-0.2, -0.15) is 12.1 Å². The van der Waals surface area contributed by atoms with Gasteiger partial charge < -0.3 is 14.9 Å². The van der Waals surface area contributed by atoms with Crippen LogP contribution in [0, 0.1) is 14.9 Å². The fraction of sp³-hybridized carbons (Fsp3) is 0.238. The van der Waals surface area contributed by atoms with Gasteiger partial charge in [-0.1, -0.05) is 119 Å². The van der Waals surface area contributed by atoms with E-state index in [-0.39, 0.29) is 46.1 Å². The van der Waals surface area contributed by atoms with Gasteiger partial charge in [0.05, 0.1) is 0 Å². The second kappa shape index (κ2) is 12.9. The van der Waals surface area contributed by atoms with Crippen LogP contribution < -0.4 is 0 Å². The van der Waals surface area contributed by atoms with E-state index in [9.17, 15) is 0 Å². The molecule has 0 bridgehead atoms. The average molecular weight is 727 g/mol. The molecule has 0 spiro atoms. The molecule has 1 fully saturated rings. The molecule has 0 heterocycles. The van der Waals surface area contributed by atoms with E-state index in [1.807, 2.05) is 0 Å². The van der Waals surface area contributed by atoms with Gasteiger partial charge in [-0.15, -0.1) is 69.1 Å². The zero-order chi connectivity index (χ0) is 27.4. The molecular weight excluding hydrogens is 683 g/mol. The summed E-state index contributed by atoms with van der Waals surface area (Å²) in [6.07, 6.45) is 3.71. The fourth-order valence-electron chi connectivity index (χ4n) is 7.12. The van der Waals surface area contributed by atoms with Gasteiger partial charge in [-0.3, -0.25) is 0 Å². The Labute approximate surface area is 278 Å². The van der Waals surface area contributed by atoms with E-state index in [4.69, 9.17) is 0 Å². The summed E-state index contributed by atoms with van der Waals surface area (Å²) in [4.78, 5) is 0. The third-order valence-corrected chi connectivity index (χ3v) is 9.64. The molecule has 0 nitrogen and oxygen atoms in total. The van der Waals surface area contributed by atoms with E-state index in [0.717, 1.165) is 0 Å². The zero-order valence-corrected chi connectivity index (χ0v) is 30.3. The van der Waals surface area contributed by atoms with Gasteiger partial charge in [0.1, 0.15) is 0 Å². The van der Waals surface area contributed by atoms with Crippen molar-refractivity contribution in [3.63, 3.8) is 0 Å². The quantitative estimate of drug-likeness (QED) is 0.118. The minimum Gasteiger partial charge on any atom is -0.358 e. The monoisotopic (exact) mass is 728 g/mol. The number of hydrogen-bond donors (Lipinski definition) is 0. The van der Waals surface area contributed by atoms with Crippen LogP contribution in [0.1, 0.15) is 81.0 Å². The van der Waals surface area contributed by atoms with E-state index in [0.29, 0.717) is 11.8 Å². The maximum Gasteiger partial charge on any atom is 4.00 e. The van der Waals surface area contributed by atoms with Gasteiger partial charge in [0, 0.05) is 0 Å². The minimum absolute atomic E-state index is 0. The van der Waals surface area contributed by atoms with E-state index in [2.05, 4.69) is 137 Å². The van der Waals surface area contributed by atoms with E-state index < -0.39 is 0 Å². The van der Waals surface area contributed by atoms with Crippen molar-refractivity contribution in [2.45, 2.75) is 64.2 Å². The van der Waals surface area contributed by atoms with Gasteiger partial charge in [-0.25, -0.2) is 0 Å². The number of benzene rings is 4. The first-order valence-corrected chi connectivity index (χ1v) is 15.0. The molecule has 0 N–H and O–H groups in total. The summed E-state index contributed by atoms with van der Waals surface area (Å²) in [5.41, 5.74) is 11.2. The van der Waals surface area contributed by atoms with Gasteiger partial charge >= 0.3 is 25.8 Å². The van der Waals surface area contributed by atoms with Crippen LogP contribution in [0.15, 0.2) is 109 Å². The van der Waals surface area contributed by atoms with Crippen LogP contribution in [0.25, 0.3) is 43.8 Å². The predicted octanol–water partition coefficient (Wildman–Crippen LogP) is 12.4. The van der Waals surface area contributed by atoms with Crippen molar-refractivity contribution in [2.24, 2.45) is 0 Å². The molecule has 7 rings (SSSR count). The Kier molecular flexibility index (Phi) is 9.87. The van der Waals surface area contributed by atoms with Crippen molar-refractivity contribution >= 4 is 21.5 Å². The second-order valence-corrected chi connectivity index (χ2v) is 12.5. The van der Waals surface area contributed by atoms with Gasteiger partial charge in [0.25, 0.3) is 0 Å². The minimum atomic E-state index is 0. The number of fused-ring (bicyclic) bond motifs is 2. The standard InChI is InChI=1S/C40H38.2CH3.Hf/c1-26(2)28-12-16-30(17-13-28)32-8-5-10-36-34(32)20-22-38(36)40(24-7-25-40)39-23-21-35-33(9-6-11-37(35)39)31-18-14-29(15-19-31)27(3)4;;;/h5-6,8-23,26-27H,7,24-25H2,1-4H3;2*1H3;/q-2;2*-1;+4. The molecule has 1 heteroatoms. The Morgan fingerprint density at radius 2 is 0.930 bits per heavy atom. The van der Waals surface area contributed by atoms with E-state index in [1.165, 1.54) is 85.3 Å². The van der Waals surface area contributed by atoms with Crippen LogP contribution in [0.3, 0.4) is 0 Å². The fourth-order valence-corrected chi connectivity index (χ4v) is 7.12. The van der Waals surface area contributed by atoms with Crippen molar-refractivity contribution in [1.82, 2.24) is 0 Å². The average Bonchev–Trinajstić information content (AvgIpc) is 3.58. The third kappa shape index (κ3) is 5.44. The molecular formula is C42H44Hf. The van der Waals surface area contributed by atoms with Gasteiger partial charge in [-0.05, 0) is 39.5 Å². The summed E-state index contributed by atoms with van der Waals surface area (Å²) in [5, 5.41) is 5.59. The molecule has 0 aliphatic heterocycles. The Bertz CT molecular complexity index is 1670. The van der Waals surface area contributed by atoms with E-state index >= 15 is 0 Å². The Hall–Kier alpha value is -3.03. The van der Waals surface area contributed by atoms with Crippen LogP contribution in [-0.2, 0) is 31.3 Å². The van der Waals surface area contributed by atoms with Crippen LogP contribution >= 0.6 is 0 Å². The maximum atomic E-state index is 2.43. The molecule has 0 atom stereocenters. The van der Waals surface area contributed by atoms with Crippen molar-refractivity contribution in [3.05, 3.63) is 146 Å². The molecule has 1 aliphatic carbocycles. The van der Waals surface area contributed by atoms with Crippen molar-refractivity contribution < 1.29 is 25.8 Å². The first kappa shape index (κ1) is 32.9. The third-order valence-electron chi connectivity index (χ3n) is 9.64. The molecule has 6 aromatic carbocycles. The molecule has 0 saturated heterocycles. The van der Waals surface area contributed by atoms with Crippen LogP contribution in [0.2, 0.25) is 0 Å². The summed E-state index contributed by atoms with van der Waals surface area (Å²) in [5.74, 6) is 1.10. The molecule has 43 heavy (non-hydrogen) atoms. The van der Waals surface area contributed by atoms with Crippen LogP contribution in [0.5, 0.6) is 0 Å². The molecule has 6 aromatic rings. The first-order valence-electron chi connectivity index (χ1n) is 15.0. The Morgan fingerprint density at radius 3 is 1.26 bits per heavy atom. The SMILES string of the molecule is CC(C)c1ccc(-c2cccc3c2cc[c-]3C2([c-]3ccc4c(-c5ccc(C(C)C)cc5)cccc43)CCC2)cc1.[CH3-].[CH3-].[Hf+4]. The summed E-state index contributed by atoms with van der Waals surface area (Å²) in [7, 11) is 0. The first-order chi connectivity index (χ1) is 19.5. The van der Waals surface area contributed by atoms with Gasteiger partial charge in [0.15, 0.2) is 0 Å². The molecule has 1 aliphatic rings. The summed E-state index contributed by atoms with van der Waals surface area (Å²) in [6.45, 7) is 9.04. The molecule has 0 aromatic heterocycles. The molecule has 0 unspecified atom stereocenters. The Morgan fingerprint density at radius 1 is 0.535 bits per heavy atom. The maximum absolute atomic E-state index is 2.43. The van der Waals surface area contributed by atoms with Gasteiger partial charge in [0.2, 0.25) is 0 Å². The summed E-state index contributed by atoms with van der Waals surface area (Å²) in [6, 6.07) is 41.8. The predicted molar refractivity (Wildman–Crippen MR) is 186 cm³/mol. The molecule has 0 amide bonds. The van der Waals surface area contributed by atoms with E-state index in [1.54, 1.807) is 0 Å². The summed E-state index contributed by atoms with van der Waals surface area (Å²) >= 11 is 0. The second-order valence-electron chi connectivity index (χ2n) is 12.5. The number of hydrogen-bond acceptors (Lipinski definition) is 0. The Balaban J connectivity index is 0.00000141. The van der Waals surface area contributed by atoms with Crippen LogP contribution in [-0.4, -0.2) is 0 Å². The molecule has 216 valence electrons. The normalized spacial score (nSPS) is 13.8. The zero-order valence-electron chi connectivity index (χ0n) is 26.7. The largest absolute Gasteiger partial charge is 4.00 e. The van der Waals surface area contributed by atoms with Crippen molar-refractivity contribution in [3.8, 4) is 22.3 Å². The summed E-state index contributed by atoms with van der Waals surface area (Å²) < 4.78 is 0. The molecule has 1 saturated carbocycles. The smallest absolute Gasteiger partial charge is 0.358 e. The molecule has 0 radical (unpaired) electrons. The number of rotatable bonds is 6. The van der Waals surface area contributed by atoms with Crippen LogP contribution in [0.4, 0.5) is 0 Å². The van der Waals surface area contributed by atoms with Crippen molar-refractivity contribution in [2.75, 3.05) is 0 Å². The topological polar surface area (TPSA) is 0 Å².